The first-order valence-corrected chi connectivity index (χ1v) is 7.68. The molecule has 1 amide bonds. The molecular weight excluding hydrogens is 286 g/mol. The lowest BCUT2D eigenvalue weighted by atomic mass is 10.2. The second-order valence-corrected chi connectivity index (χ2v) is 5.93. The highest BCUT2D eigenvalue weighted by molar-refractivity contribution is 6.30. The summed E-state index contributed by atoms with van der Waals surface area (Å²) in [4.78, 5) is 19.5. The van der Waals surface area contributed by atoms with E-state index in [2.05, 4.69) is 15.3 Å². The smallest absolute Gasteiger partial charge is 0.226 e. The molecule has 1 aromatic carbocycles. The molecule has 1 heterocycles. The van der Waals surface area contributed by atoms with Crippen LogP contribution in [0.2, 0.25) is 5.02 Å². The van der Waals surface area contributed by atoms with Gasteiger partial charge >= 0.3 is 0 Å². The lowest BCUT2D eigenvalue weighted by Gasteiger charge is -2.10. The normalized spacial score (nSPS) is 15.3. The molecule has 0 aliphatic heterocycles. The molecule has 2 aromatic rings. The number of carbonyl (C=O) groups is 1. The molecule has 0 radical (unpaired) electrons. The Morgan fingerprint density at radius 2 is 2.00 bits per heavy atom. The van der Waals surface area contributed by atoms with Crippen LogP contribution in [0.5, 0.6) is 0 Å². The number of imidazole rings is 1. The highest BCUT2D eigenvalue weighted by Crippen LogP contribution is 2.19. The number of nitrogens with zero attached hydrogens (tertiary/aromatic N) is 1. The Morgan fingerprint density at radius 3 is 2.71 bits per heavy atom. The first kappa shape index (κ1) is 14.1. The molecule has 21 heavy (non-hydrogen) atoms. The number of H-pyrrole nitrogens is 1. The molecule has 1 saturated carbocycles. The minimum absolute atomic E-state index is 0.0632. The topological polar surface area (TPSA) is 57.8 Å². The van der Waals surface area contributed by atoms with E-state index in [0.717, 1.165) is 29.9 Å². The molecule has 0 unspecified atom stereocenters. The summed E-state index contributed by atoms with van der Waals surface area (Å²) in [7, 11) is 0. The number of aromatic amines is 1. The predicted octanol–water partition coefficient (Wildman–Crippen LogP) is 3.33. The van der Waals surface area contributed by atoms with Gasteiger partial charge in [-0.3, -0.25) is 4.79 Å². The van der Waals surface area contributed by atoms with Crippen molar-refractivity contribution in [3.8, 4) is 11.4 Å². The van der Waals surface area contributed by atoms with Gasteiger partial charge in [0.1, 0.15) is 5.82 Å². The molecular formula is C16H18ClN3O. The summed E-state index contributed by atoms with van der Waals surface area (Å²) in [5.41, 5.74) is 1.79. The fourth-order valence-electron chi connectivity index (χ4n) is 2.73. The predicted molar refractivity (Wildman–Crippen MR) is 83.1 cm³/mol. The van der Waals surface area contributed by atoms with Crippen LogP contribution in [0.4, 0.5) is 0 Å². The van der Waals surface area contributed by atoms with E-state index in [0.29, 0.717) is 17.5 Å². The number of hydrogen-bond donors (Lipinski definition) is 2. The molecule has 0 saturated heterocycles. The van der Waals surface area contributed by atoms with Gasteiger partial charge < -0.3 is 10.3 Å². The zero-order chi connectivity index (χ0) is 14.7. The molecule has 0 atom stereocenters. The van der Waals surface area contributed by atoms with E-state index in [-0.39, 0.29) is 5.91 Å². The fourth-order valence-corrected chi connectivity index (χ4v) is 2.85. The van der Waals surface area contributed by atoms with E-state index in [1.54, 1.807) is 6.20 Å². The quantitative estimate of drug-likeness (QED) is 0.910. The number of nitrogens with one attached hydrogen (secondary N) is 2. The highest BCUT2D eigenvalue weighted by Gasteiger charge is 2.17. The lowest BCUT2D eigenvalue weighted by Crippen LogP contribution is -2.33. The number of halogens is 1. The molecule has 5 heteroatoms. The summed E-state index contributed by atoms with van der Waals surface area (Å²) in [5, 5.41) is 3.78. The van der Waals surface area contributed by atoms with Crippen LogP contribution in [0.15, 0.2) is 30.5 Å². The first-order valence-electron chi connectivity index (χ1n) is 7.30. The van der Waals surface area contributed by atoms with E-state index >= 15 is 0 Å². The minimum Gasteiger partial charge on any atom is -0.353 e. The molecule has 1 fully saturated rings. The van der Waals surface area contributed by atoms with Crippen molar-refractivity contribution in [2.24, 2.45) is 0 Å². The van der Waals surface area contributed by atoms with Crippen molar-refractivity contribution in [1.29, 1.82) is 0 Å². The number of hydrogen-bond acceptors (Lipinski definition) is 2. The summed E-state index contributed by atoms with van der Waals surface area (Å²) >= 11 is 5.87. The molecule has 0 spiro atoms. The Bertz CT molecular complexity index is 615. The van der Waals surface area contributed by atoms with Crippen LogP contribution in [0.25, 0.3) is 11.4 Å². The van der Waals surface area contributed by atoms with E-state index in [4.69, 9.17) is 11.6 Å². The van der Waals surface area contributed by atoms with Crippen molar-refractivity contribution in [3.63, 3.8) is 0 Å². The number of benzene rings is 1. The number of aromatic nitrogens is 2. The van der Waals surface area contributed by atoms with Gasteiger partial charge in [0.25, 0.3) is 0 Å². The second kappa shape index (κ2) is 6.31. The van der Waals surface area contributed by atoms with Gasteiger partial charge in [0.15, 0.2) is 0 Å². The van der Waals surface area contributed by atoms with Crippen molar-refractivity contribution in [1.82, 2.24) is 15.3 Å². The van der Waals surface area contributed by atoms with Crippen LogP contribution in [0.3, 0.4) is 0 Å². The summed E-state index contributed by atoms with van der Waals surface area (Å²) < 4.78 is 0. The average molecular weight is 304 g/mol. The largest absolute Gasteiger partial charge is 0.353 e. The number of carbonyl (C=O) groups excluding carboxylic acids is 1. The van der Waals surface area contributed by atoms with Crippen molar-refractivity contribution < 1.29 is 4.79 Å². The summed E-state index contributed by atoms with van der Waals surface area (Å²) in [6, 6.07) is 7.82. The zero-order valence-electron chi connectivity index (χ0n) is 11.7. The summed E-state index contributed by atoms with van der Waals surface area (Å²) in [6.07, 6.45) is 6.70. The molecule has 1 aliphatic rings. The summed E-state index contributed by atoms with van der Waals surface area (Å²) in [5.74, 6) is 0.823. The fraction of sp³-hybridized carbons (Fsp3) is 0.375. The van der Waals surface area contributed by atoms with Gasteiger partial charge in [-0.05, 0) is 37.1 Å². The minimum atomic E-state index is 0.0632. The maximum absolute atomic E-state index is 12.0. The van der Waals surface area contributed by atoms with Gasteiger partial charge in [-0.2, -0.15) is 0 Å². The van der Waals surface area contributed by atoms with Crippen molar-refractivity contribution in [2.75, 3.05) is 0 Å². The van der Waals surface area contributed by atoms with Crippen LogP contribution >= 0.6 is 11.6 Å². The molecule has 3 rings (SSSR count). The third-order valence-corrected chi connectivity index (χ3v) is 4.07. The van der Waals surface area contributed by atoms with Crippen LogP contribution in [-0.2, 0) is 11.2 Å². The Balaban J connectivity index is 1.61. The Morgan fingerprint density at radius 1 is 1.29 bits per heavy atom. The van der Waals surface area contributed by atoms with Crippen LogP contribution < -0.4 is 5.32 Å². The summed E-state index contributed by atoms with van der Waals surface area (Å²) in [6.45, 7) is 0. The standard InChI is InChI=1S/C16H18ClN3O/c17-12-7-5-11(6-8-12)16-18-10-14(20-16)9-15(21)19-13-3-1-2-4-13/h5-8,10,13H,1-4,9H2,(H,18,20)(H,19,21). The van der Waals surface area contributed by atoms with E-state index in [1.807, 2.05) is 24.3 Å². The number of rotatable bonds is 4. The lowest BCUT2D eigenvalue weighted by molar-refractivity contribution is -0.121. The van der Waals surface area contributed by atoms with Gasteiger partial charge in [0, 0.05) is 28.5 Å². The third kappa shape index (κ3) is 3.64. The Kier molecular flexibility index (Phi) is 4.25. The molecule has 1 aliphatic carbocycles. The van der Waals surface area contributed by atoms with Crippen LogP contribution in [0.1, 0.15) is 31.4 Å². The van der Waals surface area contributed by atoms with E-state index < -0.39 is 0 Å². The highest BCUT2D eigenvalue weighted by atomic mass is 35.5. The third-order valence-electron chi connectivity index (χ3n) is 3.82. The first-order chi connectivity index (χ1) is 10.2. The Hall–Kier alpha value is -1.81. The second-order valence-electron chi connectivity index (χ2n) is 5.49. The van der Waals surface area contributed by atoms with Gasteiger partial charge in [0.2, 0.25) is 5.91 Å². The maximum Gasteiger partial charge on any atom is 0.226 e. The van der Waals surface area contributed by atoms with Gasteiger partial charge in [-0.25, -0.2) is 4.98 Å². The monoisotopic (exact) mass is 303 g/mol. The molecule has 0 bridgehead atoms. The maximum atomic E-state index is 12.0. The molecule has 1 aromatic heterocycles. The molecule has 4 nitrogen and oxygen atoms in total. The van der Waals surface area contributed by atoms with Gasteiger partial charge in [-0.15, -0.1) is 0 Å². The van der Waals surface area contributed by atoms with Gasteiger partial charge in [0.05, 0.1) is 6.42 Å². The van der Waals surface area contributed by atoms with E-state index in [1.165, 1.54) is 12.8 Å². The van der Waals surface area contributed by atoms with Crippen LogP contribution in [0, 0.1) is 0 Å². The van der Waals surface area contributed by atoms with E-state index in [9.17, 15) is 4.79 Å². The van der Waals surface area contributed by atoms with Crippen molar-refractivity contribution in [3.05, 3.63) is 41.2 Å². The zero-order valence-corrected chi connectivity index (χ0v) is 12.5. The number of amides is 1. The molecule has 2 N–H and O–H groups in total. The van der Waals surface area contributed by atoms with Crippen molar-refractivity contribution in [2.45, 2.75) is 38.1 Å². The average Bonchev–Trinajstić information content (AvgIpc) is 3.11. The Labute approximate surface area is 128 Å². The van der Waals surface area contributed by atoms with Crippen molar-refractivity contribution >= 4 is 17.5 Å². The SMILES string of the molecule is O=C(Cc1cnc(-c2ccc(Cl)cc2)[nH]1)NC1CCCC1. The van der Waals surface area contributed by atoms with Gasteiger partial charge in [-0.1, -0.05) is 24.4 Å². The van der Waals surface area contributed by atoms with Crippen LogP contribution in [-0.4, -0.2) is 21.9 Å². The molecule has 110 valence electrons.